The number of aromatic nitrogens is 1. The van der Waals surface area contributed by atoms with Crippen molar-refractivity contribution < 1.29 is 9.53 Å². The van der Waals surface area contributed by atoms with E-state index < -0.39 is 0 Å². The van der Waals surface area contributed by atoms with Crippen molar-refractivity contribution in [3.63, 3.8) is 0 Å². The number of pyridine rings is 1. The van der Waals surface area contributed by atoms with Gasteiger partial charge in [-0.15, -0.1) is 0 Å². The maximum absolute atomic E-state index is 12.9. The van der Waals surface area contributed by atoms with Gasteiger partial charge in [0.25, 0.3) is 11.5 Å². The summed E-state index contributed by atoms with van der Waals surface area (Å²) in [5.74, 6) is 0.757. The number of nitrogens with zero attached hydrogens (tertiary/aromatic N) is 3. The Morgan fingerprint density at radius 1 is 1.25 bits per heavy atom. The number of hydrogen-bond donors (Lipinski definition) is 0. The van der Waals surface area contributed by atoms with E-state index >= 15 is 0 Å². The lowest BCUT2D eigenvalue weighted by Gasteiger charge is -2.42. The van der Waals surface area contributed by atoms with Crippen LogP contribution in [-0.2, 0) is 16.1 Å². The number of thioether (sulfide) groups is 1. The molecule has 1 amide bonds. The molecule has 0 radical (unpaired) electrons. The molecule has 1 unspecified atom stereocenters. The van der Waals surface area contributed by atoms with E-state index in [0.717, 1.165) is 51.2 Å². The minimum Gasteiger partial charge on any atom is -0.376 e. The van der Waals surface area contributed by atoms with E-state index in [-0.39, 0.29) is 17.6 Å². The van der Waals surface area contributed by atoms with Crippen LogP contribution in [0.25, 0.3) is 0 Å². The first-order valence-corrected chi connectivity index (χ1v) is 11.1. The summed E-state index contributed by atoms with van der Waals surface area (Å²) in [4.78, 5) is 29.7. The van der Waals surface area contributed by atoms with E-state index in [1.54, 1.807) is 11.0 Å². The number of carbonyl (C=O) groups is 1. The number of ether oxygens (including phenoxy) is 1. The highest BCUT2D eigenvalue weighted by Crippen LogP contribution is 2.37. The molecule has 8 heteroatoms. The van der Waals surface area contributed by atoms with Crippen molar-refractivity contribution in [3.05, 3.63) is 45.4 Å². The van der Waals surface area contributed by atoms with E-state index in [2.05, 4.69) is 11.0 Å². The van der Waals surface area contributed by atoms with Crippen molar-refractivity contribution in [1.29, 1.82) is 0 Å². The third kappa shape index (κ3) is 3.31. The van der Waals surface area contributed by atoms with Crippen LogP contribution in [0, 0.1) is 5.92 Å². The van der Waals surface area contributed by atoms with Gasteiger partial charge in [0, 0.05) is 50.1 Å². The van der Waals surface area contributed by atoms with E-state index in [4.69, 9.17) is 17.0 Å². The smallest absolute Gasteiger partial charge is 0.267 e. The second-order valence-electron chi connectivity index (χ2n) is 8.06. The topological polar surface area (TPSA) is 54.8 Å². The molecule has 5 rings (SSSR count). The molecule has 0 saturated carbocycles. The van der Waals surface area contributed by atoms with E-state index in [1.807, 2.05) is 16.8 Å². The summed E-state index contributed by atoms with van der Waals surface area (Å²) in [5, 5.41) is 0. The minimum atomic E-state index is -0.00199. The van der Waals surface area contributed by atoms with Crippen molar-refractivity contribution in [3.8, 4) is 0 Å². The molecule has 6 nitrogen and oxygen atoms in total. The summed E-state index contributed by atoms with van der Waals surface area (Å²) < 4.78 is 8.22. The Balaban J connectivity index is 1.32. The molecule has 5 heterocycles. The van der Waals surface area contributed by atoms with Gasteiger partial charge in [0.2, 0.25) is 0 Å². The van der Waals surface area contributed by atoms with Crippen molar-refractivity contribution >= 4 is 34.2 Å². The maximum Gasteiger partial charge on any atom is 0.267 e. The molecule has 2 bridgehead atoms. The molecule has 0 aromatic carbocycles. The second-order valence-corrected chi connectivity index (χ2v) is 9.74. The Morgan fingerprint density at radius 3 is 2.96 bits per heavy atom. The zero-order valence-electron chi connectivity index (χ0n) is 15.6. The zero-order chi connectivity index (χ0) is 19.3. The SMILES string of the molecule is O=C1/C(=C/N2C[C@@H]3C[C@@H](C2)c2cccc(=O)n2C3)SC(=S)N1CC1CCCO1. The number of likely N-dealkylation sites (tertiary alicyclic amines) is 1. The van der Waals surface area contributed by atoms with Gasteiger partial charge in [0.15, 0.2) is 0 Å². The van der Waals surface area contributed by atoms with Crippen LogP contribution in [-0.4, -0.2) is 56.9 Å². The molecule has 148 valence electrons. The van der Waals surface area contributed by atoms with Crippen LogP contribution >= 0.6 is 24.0 Å². The number of piperidine rings is 1. The number of carbonyl (C=O) groups excluding carboxylic acids is 1. The average Bonchev–Trinajstić information content (AvgIpc) is 3.27. The highest BCUT2D eigenvalue weighted by Gasteiger charge is 2.37. The summed E-state index contributed by atoms with van der Waals surface area (Å²) >= 11 is 6.85. The van der Waals surface area contributed by atoms with Gasteiger partial charge in [-0.05, 0) is 31.2 Å². The van der Waals surface area contributed by atoms with Gasteiger partial charge < -0.3 is 14.2 Å². The molecular weight excluding hydrogens is 394 g/mol. The molecule has 0 aliphatic carbocycles. The number of rotatable bonds is 3. The minimum absolute atomic E-state index is 0.00199. The molecule has 3 saturated heterocycles. The van der Waals surface area contributed by atoms with Crippen LogP contribution in [0.3, 0.4) is 0 Å². The standard InChI is InChI=1S/C20H23N3O3S2/c24-18-5-1-4-16-14-7-13(9-22(16)18)8-21(10-14)12-17-19(25)23(20(27)28-17)11-15-3-2-6-26-15/h1,4-5,12-15H,2-3,6-11H2/b17-12-/t13-,14-,15?/m0/s1. The molecule has 3 fully saturated rings. The fourth-order valence-electron chi connectivity index (χ4n) is 4.84. The summed E-state index contributed by atoms with van der Waals surface area (Å²) in [7, 11) is 0. The lowest BCUT2D eigenvalue weighted by molar-refractivity contribution is -0.123. The molecular formula is C20H23N3O3S2. The second kappa shape index (κ2) is 7.31. The van der Waals surface area contributed by atoms with Crippen molar-refractivity contribution in [1.82, 2.24) is 14.4 Å². The maximum atomic E-state index is 12.9. The predicted octanol–water partition coefficient (Wildman–Crippen LogP) is 2.15. The van der Waals surface area contributed by atoms with Gasteiger partial charge in [0.1, 0.15) is 4.32 Å². The molecule has 4 aliphatic heterocycles. The first kappa shape index (κ1) is 18.4. The Hall–Kier alpha value is -1.64. The normalized spacial score (nSPS) is 31.0. The molecule has 0 spiro atoms. The van der Waals surface area contributed by atoms with Crippen LogP contribution < -0.4 is 5.56 Å². The summed E-state index contributed by atoms with van der Waals surface area (Å²) in [6.45, 7) is 3.79. The van der Waals surface area contributed by atoms with E-state index in [0.29, 0.717) is 27.6 Å². The molecule has 1 aromatic heterocycles. The largest absolute Gasteiger partial charge is 0.376 e. The van der Waals surface area contributed by atoms with Gasteiger partial charge >= 0.3 is 0 Å². The third-order valence-electron chi connectivity index (χ3n) is 6.09. The third-order valence-corrected chi connectivity index (χ3v) is 7.46. The van der Waals surface area contributed by atoms with Crippen molar-refractivity contribution in [2.45, 2.75) is 37.8 Å². The quantitative estimate of drug-likeness (QED) is 0.555. The summed E-state index contributed by atoms with van der Waals surface area (Å²) in [6.07, 6.45) is 5.24. The first-order chi connectivity index (χ1) is 13.6. The number of amides is 1. The van der Waals surface area contributed by atoms with Gasteiger partial charge in [-0.3, -0.25) is 14.5 Å². The molecule has 4 aliphatic rings. The summed E-state index contributed by atoms with van der Waals surface area (Å²) in [5.41, 5.74) is 1.21. The fourth-order valence-corrected chi connectivity index (χ4v) is 6.13. The number of fused-ring (bicyclic) bond motifs is 4. The highest BCUT2D eigenvalue weighted by molar-refractivity contribution is 8.26. The Kier molecular flexibility index (Phi) is 4.80. The number of hydrogen-bond acceptors (Lipinski definition) is 6. The Morgan fingerprint density at radius 2 is 2.14 bits per heavy atom. The van der Waals surface area contributed by atoms with Crippen molar-refractivity contribution in [2.75, 3.05) is 26.2 Å². The van der Waals surface area contributed by atoms with Crippen LogP contribution in [0.5, 0.6) is 0 Å². The van der Waals surface area contributed by atoms with Crippen LogP contribution in [0.1, 0.15) is 30.9 Å². The monoisotopic (exact) mass is 417 g/mol. The van der Waals surface area contributed by atoms with E-state index in [1.165, 1.54) is 11.8 Å². The Bertz CT molecular complexity index is 906. The van der Waals surface area contributed by atoms with Crippen LogP contribution in [0.4, 0.5) is 0 Å². The zero-order valence-corrected chi connectivity index (χ0v) is 17.2. The average molecular weight is 418 g/mol. The van der Waals surface area contributed by atoms with Crippen LogP contribution in [0.2, 0.25) is 0 Å². The van der Waals surface area contributed by atoms with Crippen LogP contribution in [0.15, 0.2) is 34.1 Å². The van der Waals surface area contributed by atoms with Gasteiger partial charge in [-0.1, -0.05) is 30.0 Å². The molecule has 3 atom stereocenters. The van der Waals surface area contributed by atoms with Gasteiger partial charge in [-0.2, -0.15) is 0 Å². The molecule has 28 heavy (non-hydrogen) atoms. The van der Waals surface area contributed by atoms with E-state index in [9.17, 15) is 9.59 Å². The lowest BCUT2D eigenvalue weighted by atomic mass is 9.83. The predicted molar refractivity (Wildman–Crippen MR) is 112 cm³/mol. The molecule has 0 N–H and O–H groups in total. The lowest BCUT2D eigenvalue weighted by Crippen LogP contribution is -2.45. The molecule has 1 aromatic rings. The van der Waals surface area contributed by atoms with Gasteiger partial charge in [0.05, 0.1) is 17.6 Å². The van der Waals surface area contributed by atoms with Crippen molar-refractivity contribution in [2.24, 2.45) is 5.92 Å². The number of thiocarbonyl (C=S) groups is 1. The Labute approximate surface area is 173 Å². The fraction of sp³-hybridized carbons (Fsp3) is 0.550. The summed E-state index contributed by atoms with van der Waals surface area (Å²) in [6, 6.07) is 5.55. The highest BCUT2D eigenvalue weighted by atomic mass is 32.2. The van der Waals surface area contributed by atoms with Gasteiger partial charge in [-0.25, -0.2) is 0 Å². The first-order valence-electron chi connectivity index (χ1n) is 9.89.